The molecule has 120 valence electrons. The van der Waals surface area contributed by atoms with Crippen molar-refractivity contribution in [2.24, 2.45) is 5.92 Å². The van der Waals surface area contributed by atoms with Crippen molar-refractivity contribution in [3.8, 4) is 0 Å². The van der Waals surface area contributed by atoms with Gasteiger partial charge < -0.3 is 10.4 Å². The molecular weight excluding hydrogens is 323 g/mol. The van der Waals surface area contributed by atoms with Crippen molar-refractivity contribution in [1.29, 1.82) is 0 Å². The highest BCUT2D eigenvalue weighted by molar-refractivity contribution is 6.31. The average molecular weight is 336 g/mol. The van der Waals surface area contributed by atoms with Gasteiger partial charge in [0.1, 0.15) is 11.9 Å². The van der Waals surface area contributed by atoms with Crippen LogP contribution < -0.4 is 5.32 Å². The van der Waals surface area contributed by atoms with Gasteiger partial charge in [-0.1, -0.05) is 17.7 Å². The predicted octanol–water partition coefficient (Wildman–Crippen LogP) is 2.81. The maximum absolute atomic E-state index is 13.7. The van der Waals surface area contributed by atoms with Gasteiger partial charge in [0, 0.05) is 28.8 Å². The van der Waals surface area contributed by atoms with E-state index in [1.165, 1.54) is 18.2 Å². The molecule has 1 aliphatic rings. The number of benzene rings is 1. The fraction of sp³-hybridized carbons (Fsp3) is 0.429. The highest BCUT2D eigenvalue weighted by atomic mass is 35.5. The van der Waals surface area contributed by atoms with E-state index in [4.69, 9.17) is 16.7 Å². The standard InChI is InChI=1S/C14H13ClF3NO3/c15-8-2-1-3-9(16)12(8)6-4-7(6)13(20)19-10(14(21)22)5-11(17)18/h1-3,6-7,10-11H,4-5H2,(H,19,20)(H,21,22). The Morgan fingerprint density at radius 1 is 1.41 bits per heavy atom. The third-order valence-corrected chi connectivity index (χ3v) is 3.86. The lowest BCUT2D eigenvalue weighted by atomic mass is 10.1. The molecule has 0 heterocycles. The van der Waals surface area contributed by atoms with E-state index < -0.39 is 48.4 Å². The van der Waals surface area contributed by atoms with Crippen molar-refractivity contribution in [3.63, 3.8) is 0 Å². The third-order valence-electron chi connectivity index (χ3n) is 3.53. The molecule has 0 saturated heterocycles. The van der Waals surface area contributed by atoms with Crippen molar-refractivity contribution >= 4 is 23.5 Å². The largest absolute Gasteiger partial charge is 0.480 e. The summed E-state index contributed by atoms with van der Waals surface area (Å²) in [6.07, 6.45) is -3.52. The minimum Gasteiger partial charge on any atom is -0.480 e. The van der Waals surface area contributed by atoms with Gasteiger partial charge in [-0.2, -0.15) is 0 Å². The summed E-state index contributed by atoms with van der Waals surface area (Å²) < 4.78 is 38.3. The lowest BCUT2D eigenvalue weighted by Gasteiger charge is -2.14. The predicted molar refractivity (Wildman–Crippen MR) is 72.4 cm³/mol. The number of hydrogen-bond donors (Lipinski definition) is 2. The van der Waals surface area contributed by atoms with Gasteiger partial charge >= 0.3 is 5.97 Å². The lowest BCUT2D eigenvalue weighted by Crippen LogP contribution is -2.42. The zero-order valence-corrected chi connectivity index (χ0v) is 12.0. The third kappa shape index (κ3) is 3.71. The van der Waals surface area contributed by atoms with Gasteiger partial charge in [-0.25, -0.2) is 18.0 Å². The molecule has 1 fully saturated rings. The number of hydrogen-bond acceptors (Lipinski definition) is 2. The molecule has 1 aliphatic carbocycles. The van der Waals surface area contributed by atoms with E-state index in [0.717, 1.165) is 0 Å². The molecule has 4 nitrogen and oxygen atoms in total. The SMILES string of the molecule is O=C(O)C(CC(F)F)NC(=O)C1CC1c1c(F)cccc1Cl. The number of aliphatic carboxylic acids is 1. The molecule has 1 aromatic rings. The molecule has 0 aromatic heterocycles. The summed E-state index contributed by atoms with van der Waals surface area (Å²) >= 11 is 5.89. The van der Waals surface area contributed by atoms with Crippen LogP contribution in [0, 0.1) is 11.7 Å². The molecule has 0 radical (unpaired) electrons. The van der Waals surface area contributed by atoms with Gasteiger partial charge in [0.05, 0.1) is 0 Å². The Hall–Kier alpha value is -1.76. The summed E-state index contributed by atoms with van der Waals surface area (Å²) in [4.78, 5) is 22.8. The van der Waals surface area contributed by atoms with Crippen LogP contribution in [0.2, 0.25) is 5.02 Å². The molecule has 2 rings (SSSR count). The fourth-order valence-corrected chi connectivity index (χ4v) is 2.65. The fourth-order valence-electron chi connectivity index (χ4n) is 2.35. The van der Waals surface area contributed by atoms with Gasteiger partial charge in [-0.3, -0.25) is 4.79 Å². The van der Waals surface area contributed by atoms with Crippen LogP contribution in [0.5, 0.6) is 0 Å². The molecule has 0 aliphatic heterocycles. The zero-order chi connectivity index (χ0) is 16.4. The quantitative estimate of drug-likeness (QED) is 0.840. The van der Waals surface area contributed by atoms with E-state index in [-0.39, 0.29) is 10.6 Å². The van der Waals surface area contributed by atoms with Gasteiger partial charge in [-0.05, 0) is 18.6 Å². The highest BCUT2D eigenvalue weighted by Crippen LogP contribution is 2.50. The Labute approximate surface area is 129 Å². The molecule has 22 heavy (non-hydrogen) atoms. The molecule has 3 atom stereocenters. The number of carboxylic acid groups (broad SMARTS) is 1. The van der Waals surface area contributed by atoms with Gasteiger partial charge in [0.25, 0.3) is 0 Å². The first-order valence-electron chi connectivity index (χ1n) is 6.56. The van der Waals surface area contributed by atoms with Crippen LogP contribution in [0.1, 0.15) is 24.3 Å². The first-order valence-corrected chi connectivity index (χ1v) is 6.94. The molecule has 2 N–H and O–H groups in total. The normalized spacial score (nSPS) is 21.5. The molecule has 3 unspecified atom stereocenters. The second-order valence-corrected chi connectivity index (χ2v) is 5.52. The number of carbonyl (C=O) groups is 2. The number of rotatable bonds is 6. The van der Waals surface area contributed by atoms with Crippen LogP contribution in [0.25, 0.3) is 0 Å². The summed E-state index contributed by atoms with van der Waals surface area (Å²) in [7, 11) is 0. The Morgan fingerprint density at radius 3 is 2.64 bits per heavy atom. The summed E-state index contributed by atoms with van der Waals surface area (Å²) in [5.41, 5.74) is 0.199. The topological polar surface area (TPSA) is 66.4 Å². The first kappa shape index (κ1) is 16.6. The Balaban J connectivity index is 2.02. The van der Waals surface area contributed by atoms with Crippen molar-refractivity contribution in [3.05, 3.63) is 34.6 Å². The Morgan fingerprint density at radius 2 is 2.09 bits per heavy atom. The number of alkyl halides is 2. The summed E-state index contributed by atoms with van der Waals surface area (Å²) in [5.74, 6) is -3.88. The average Bonchev–Trinajstić information content (AvgIpc) is 3.17. The number of carboxylic acids is 1. The van der Waals surface area contributed by atoms with Crippen LogP contribution >= 0.6 is 11.6 Å². The molecule has 0 bridgehead atoms. The van der Waals surface area contributed by atoms with E-state index in [2.05, 4.69) is 5.32 Å². The van der Waals surface area contributed by atoms with Crippen molar-refractivity contribution in [2.75, 3.05) is 0 Å². The van der Waals surface area contributed by atoms with Crippen LogP contribution in [0.15, 0.2) is 18.2 Å². The van der Waals surface area contributed by atoms with Gasteiger partial charge in [0.2, 0.25) is 12.3 Å². The van der Waals surface area contributed by atoms with Crippen molar-refractivity contribution < 1.29 is 27.9 Å². The smallest absolute Gasteiger partial charge is 0.326 e. The molecule has 1 saturated carbocycles. The van der Waals surface area contributed by atoms with Gasteiger partial charge in [-0.15, -0.1) is 0 Å². The second kappa shape index (κ2) is 6.56. The van der Waals surface area contributed by atoms with Crippen LogP contribution in [-0.2, 0) is 9.59 Å². The number of halogens is 4. The number of carbonyl (C=O) groups excluding carboxylic acids is 1. The first-order chi connectivity index (χ1) is 10.3. The Kier molecular flexibility index (Phi) is 4.95. The highest BCUT2D eigenvalue weighted by Gasteiger charge is 2.47. The molecule has 1 amide bonds. The summed E-state index contributed by atoms with van der Waals surface area (Å²) in [6.45, 7) is 0. The molecule has 1 aromatic carbocycles. The molecule has 0 spiro atoms. The van der Waals surface area contributed by atoms with Crippen LogP contribution in [-0.4, -0.2) is 29.5 Å². The Bertz CT molecular complexity index is 576. The maximum atomic E-state index is 13.7. The lowest BCUT2D eigenvalue weighted by molar-refractivity contribution is -0.143. The molecular formula is C14H13ClF3NO3. The van der Waals surface area contributed by atoms with Gasteiger partial charge in [0.15, 0.2) is 0 Å². The monoisotopic (exact) mass is 335 g/mol. The van der Waals surface area contributed by atoms with Crippen molar-refractivity contribution in [1.82, 2.24) is 5.32 Å². The van der Waals surface area contributed by atoms with Crippen LogP contribution in [0.3, 0.4) is 0 Å². The summed E-state index contributed by atoms with van der Waals surface area (Å²) in [5, 5.41) is 11.1. The molecule has 8 heteroatoms. The van der Waals surface area contributed by atoms with E-state index >= 15 is 0 Å². The number of amides is 1. The minimum absolute atomic E-state index is 0.183. The van der Waals surface area contributed by atoms with E-state index in [1.54, 1.807) is 0 Å². The minimum atomic E-state index is -2.85. The van der Waals surface area contributed by atoms with Crippen molar-refractivity contribution in [2.45, 2.75) is 31.2 Å². The summed E-state index contributed by atoms with van der Waals surface area (Å²) in [6, 6.07) is 2.47. The van der Waals surface area contributed by atoms with Crippen LogP contribution in [0.4, 0.5) is 13.2 Å². The second-order valence-electron chi connectivity index (χ2n) is 5.11. The van der Waals surface area contributed by atoms with E-state index in [0.29, 0.717) is 6.42 Å². The number of nitrogens with one attached hydrogen (secondary N) is 1. The zero-order valence-electron chi connectivity index (χ0n) is 11.2. The van der Waals surface area contributed by atoms with E-state index in [1.807, 2.05) is 0 Å². The van der Waals surface area contributed by atoms with E-state index in [9.17, 15) is 22.8 Å². The maximum Gasteiger partial charge on any atom is 0.326 e.